The van der Waals surface area contributed by atoms with E-state index in [-0.39, 0.29) is 19.1 Å². The summed E-state index contributed by atoms with van der Waals surface area (Å²) in [7, 11) is 0. The first kappa shape index (κ1) is 21.1. The van der Waals surface area contributed by atoms with Crippen molar-refractivity contribution in [3.8, 4) is 0 Å². The van der Waals surface area contributed by atoms with Gasteiger partial charge in [0.2, 0.25) is 5.91 Å². The molecule has 0 bridgehead atoms. The average Bonchev–Trinajstić information content (AvgIpc) is 2.40. The molecule has 0 aromatic carbocycles. The molecule has 5 N–H and O–H groups in total. The number of nitrogens with two attached hydrogens (primary N) is 1. The molecule has 9 heteroatoms. The number of hydrogen-bond donors (Lipinski definition) is 4. The van der Waals surface area contributed by atoms with Gasteiger partial charge >= 0.3 is 6.09 Å². The molecule has 0 rings (SSSR count). The maximum Gasteiger partial charge on any atom is 0.408 e. The molecular weight excluding hydrogens is 304 g/mol. The van der Waals surface area contributed by atoms with Gasteiger partial charge in [-0.2, -0.15) is 0 Å². The Morgan fingerprint density at radius 2 is 1.74 bits per heavy atom. The lowest BCUT2D eigenvalue weighted by Gasteiger charge is -2.23. The van der Waals surface area contributed by atoms with Gasteiger partial charge in [-0.05, 0) is 26.7 Å². The minimum Gasteiger partial charge on any atom is -0.444 e. The monoisotopic (exact) mass is 332 g/mol. The number of carbonyl (C=O) groups is 3. The second-order valence-corrected chi connectivity index (χ2v) is 6.42. The molecule has 0 aromatic rings. The predicted octanol–water partition coefficient (Wildman–Crippen LogP) is -0.342. The summed E-state index contributed by atoms with van der Waals surface area (Å²) in [4.78, 5) is 34.9. The molecular formula is C14H28N4O5. The van der Waals surface area contributed by atoms with Crippen LogP contribution in [-0.2, 0) is 19.1 Å². The highest BCUT2D eigenvalue weighted by Gasteiger charge is 2.25. The van der Waals surface area contributed by atoms with Crippen LogP contribution in [0.4, 0.5) is 4.79 Å². The first-order chi connectivity index (χ1) is 10.5. The van der Waals surface area contributed by atoms with E-state index in [4.69, 9.17) is 15.3 Å². The zero-order chi connectivity index (χ0) is 18.0. The van der Waals surface area contributed by atoms with Gasteiger partial charge < -0.3 is 20.1 Å². The number of nitrogens with one attached hydrogen (secondary N) is 3. The molecule has 3 amide bonds. The lowest BCUT2D eigenvalue weighted by atomic mass is 10.2. The van der Waals surface area contributed by atoms with E-state index in [2.05, 4.69) is 10.6 Å². The number of carbonyl (C=O) groups excluding carboxylic acids is 3. The zero-order valence-electron chi connectivity index (χ0n) is 14.4. The summed E-state index contributed by atoms with van der Waals surface area (Å²) in [6.45, 7) is 9.15. The number of alkyl carbamates (subject to hydrolysis) is 1. The number of rotatable bonds is 8. The molecule has 0 aromatic heterocycles. The third kappa shape index (κ3) is 11.4. The van der Waals surface area contributed by atoms with E-state index in [0.717, 1.165) is 0 Å². The van der Waals surface area contributed by atoms with Crippen LogP contribution in [0.25, 0.3) is 0 Å². The Morgan fingerprint density at radius 3 is 2.22 bits per heavy atom. The van der Waals surface area contributed by atoms with E-state index in [0.29, 0.717) is 6.61 Å². The van der Waals surface area contributed by atoms with Crippen LogP contribution in [0.3, 0.4) is 0 Å². The molecule has 0 saturated heterocycles. The Labute approximate surface area is 136 Å². The van der Waals surface area contributed by atoms with E-state index in [9.17, 15) is 14.4 Å². The van der Waals surface area contributed by atoms with Crippen molar-refractivity contribution < 1.29 is 23.9 Å². The average molecular weight is 332 g/mol. The largest absolute Gasteiger partial charge is 0.444 e. The molecule has 0 aliphatic rings. The molecule has 0 spiro atoms. The molecule has 0 aliphatic heterocycles. The second-order valence-electron chi connectivity index (χ2n) is 6.42. The minimum absolute atomic E-state index is 0.0342. The Kier molecular flexibility index (Phi) is 9.19. The van der Waals surface area contributed by atoms with Crippen molar-refractivity contribution in [2.45, 2.75) is 46.3 Å². The van der Waals surface area contributed by atoms with Gasteiger partial charge in [0.15, 0.2) is 0 Å². The van der Waals surface area contributed by atoms with Crippen molar-refractivity contribution in [2.75, 3.05) is 19.8 Å². The lowest BCUT2D eigenvalue weighted by molar-refractivity contribution is -0.128. The van der Waals surface area contributed by atoms with Gasteiger partial charge in [-0.15, -0.1) is 0 Å². The van der Waals surface area contributed by atoms with Gasteiger partial charge in [0, 0.05) is 6.61 Å². The number of hydrazine groups is 1. The molecule has 0 fully saturated rings. The molecule has 1 atom stereocenters. The molecule has 0 heterocycles. The maximum atomic E-state index is 12.1. The third-order valence-electron chi connectivity index (χ3n) is 2.33. The Bertz CT molecular complexity index is 406. The van der Waals surface area contributed by atoms with Gasteiger partial charge in [-0.1, -0.05) is 13.8 Å². The van der Waals surface area contributed by atoms with Crippen LogP contribution in [-0.4, -0.2) is 49.3 Å². The van der Waals surface area contributed by atoms with Crippen LogP contribution in [0.1, 0.15) is 34.6 Å². The van der Waals surface area contributed by atoms with Crippen LogP contribution >= 0.6 is 0 Å². The van der Waals surface area contributed by atoms with Gasteiger partial charge in [-0.25, -0.2) is 10.6 Å². The van der Waals surface area contributed by atoms with E-state index in [1.54, 1.807) is 20.8 Å². The molecule has 0 aliphatic carbocycles. The van der Waals surface area contributed by atoms with Crippen molar-refractivity contribution in [1.29, 1.82) is 0 Å². The van der Waals surface area contributed by atoms with Crippen LogP contribution in [0.2, 0.25) is 0 Å². The summed E-state index contributed by atoms with van der Waals surface area (Å²) < 4.78 is 10.5. The van der Waals surface area contributed by atoms with Crippen molar-refractivity contribution in [3.63, 3.8) is 0 Å². The highest BCUT2D eigenvalue weighted by molar-refractivity contribution is 5.89. The SMILES string of the molecule is CC(C)COCC(NC(=O)OC(C)(C)C)C(=O)NCC(=O)NN. The summed E-state index contributed by atoms with van der Waals surface area (Å²) >= 11 is 0. The molecule has 9 nitrogen and oxygen atoms in total. The summed E-state index contributed by atoms with van der Waals surface area (Å²) in [5.74, 6) is 4.09. The van der Waals surface area contributed by atoms with E-state index in [1.807, 2.05) is 19.3 Å². The van der Waals surface area contributed by atoms with E-state index < -0.39 is 29.6 Å². The summed E-state index contributed by atoms with van der Waals surface area (Å²) in [6.07, 6.45) is -0.742. The van der Waals surface area contributed by atoms with Crippen molar-refractivity contribution in [3.05, 3.63) is 0 Å². The zero-order valence-corrected chi connectivity index (χ0v) is 14.4. The van der Waals surface area contributed by atoms with Crippen molar-refractivity contribution in [2.24, 2.45) is 11.8 Å². The molecule has 1 unspecified atom stereocenters. The van der Waals surface area contributed by atoms with Crippen LogP contribution in [0.15, 0.2) is 0 Å². The topological polar surface area (TPSA) is 132 Å². The number of ether oxygens (including phenoxy) is 2. The fourth-order valence-electron chi connectivity index (χ4n) is 1.40. The predicted molar refractivity (Wildman–Crippen MR) is 84.2 cm³/mol. The van der Waals surface area contributed by atoms with Gasteiger partial charge in [0.1, 0.15) is 11.6 Å². The van der Waals surface area contributed by atoms with E-state index in [1.165, 1.54) is 0 Å². The summed E-state index contributed by atoms with van der Waals surface area (Å²) in [5.41, 5.74) is 1.20. The molecule has 0 radical (unpaired) electrons. The highest BCUT2D eigenvalue weighted by Crippen LogP contribution is 2.07. The Balaban J connectivity index is 4.62. The highest BCUT2D eigenvalue weighted by atomic mass is 16.6. The molecule has 134 valence electrons. The summed E-state index contributed by atoms with van der Waals surface area (Å²) in [6, 6.07) is -0.978. The van der Waals surface area contributed by atoms with Gasteiger partial charge in [0.25, 0.3) is 5.91 Å². The summed E-state index contributed by atoms with van der Waals surface area (Å²) in [5, 5.41) is 4.79. The first-order valence-corrected chi connectivity index (χ1v) is 7.39. The van der Waals surface area contributed by atoms with Crippen molar-refractivity contribution >= 4 is 17.9 Å². The smallest absolute Gasteiger partial charge is 0.408 e. The molecule has 0 saturated carbocycles. The minimum atomic E-state index is -0.978. The van der Waals surface area contributed by atoms with Crippen molar-refractivity contribution in [1.82, 2.24) is 16.1 Å². The first-order valence-electron chi connectivity index (χ1n) is 7.39. The standard InChI is InChI=1S/C14H28N4O5/c1-9(2)7-22-8-10(12(20)16-6-11(19)18-15)17-13(21)23-14(3,4)5/h9-10H,6-8,15H2,1-5H3,(H,16,20)(H,17,21)(H,18,19). The Morgan fingerprint density at radius 1 is 1.13 bits per heavy atom. The third-order valence-corrected chi connectivity index (χ3v) is 2.33. The Hall–Kier alpha value is -1.87. The fourth-order valence-corrected chi connectivity index (χ4v) is 1.40. The van der Waals surface area contributed by atoms with E-state index >= 15 is 0 Å². The number of hydrogen-bond acceptors (Lipinski definition) is 6. The second kappa shape index (κ2) is 10.0. The maximum absolute atomic E-state index is 12.1. The van der Waals surface area contributed by atoms with Crippen LogP contribution in [0.5, 0.6) is 0 Å². The molecule has 23 heavy (non-hydrogen) atoms. The fraction of sp³-hybridized carbons (Fsp3) is 0.786. The quantitative estimate of drug-likeness (QED) is 0.273. The number of amides is 3. The van der Waals surface area contributed by atoms with Gasteiger partial charge in [0.05, 0.1) is 13.2 Å². The normalized spacial score (nSPS) is 12.5. The lowest BCUT2D eigenvalue weighted by Crippen LogP contribution is -2.52. The van der Waals surface area contributed by atoms with Crippen LogP contribution in [0, 0.1) is 5.92 Å². The van der Waals surface area contributed by atoms with Crippen LogP contribution < -0.4 is 21.9 Å². The van der Waals surface area contributed by atoms with Gasteiger partial charge in [-0.3, -0.25) is 15.0 Å².